The molecule has 0 saturated heterocycles. The lowest BCUT2D eigenvalue weighted by Crippen LogP contribution is -2.56. The van der Waals surface area contributed by atoms with Crippen molar-refractivity contribution in [2.24, 2.45) is 0 Å². The standard InChI is InChI=1S/C30H44N2O7Si4/c1-40(2,21-13-19-31-27(33)23-15-9-10-16-24(23)28(31)34)37-42(5,6)39-43(7,8)38-41(3,4)22-14-20-32-29(35)25-17-11-12-18-26(25)30(32)36/h9-12,15-18H,13-14,19-22H2,1-8H3. The normalized spacial score (nSPS) is 15.9. The molecule has 4 rings (SSSR count). The summed E-state index contributed by atoms with van der Waals surface area (Å²) in [5.74, 6) is -0.891. The van der Waals surface area contributed by atoms with Crippen LogP contribution in [0.3, 0.4) is 0 Å². The number of hydrogen-bond acceptors (Lipinski definition) is 7. The van der Waals surface area contributed by atoms with Crippen LogP contribution in [0.25, 0.3) is 0 Å². The molecule has 13 heteroatoms. The Labute approximate surface area is 259 Å². The van der Waals surface area contributed by atoms with E-state index in [0.717, 1.165) is 12.1 Å². The number of carbonyl (C=O) groups is 4. The fraction of sp³-hybridized carbons (Fsp3) is 0.467. The molecule has 2 aliphatic heterocycles. The summed E-state index contributed by atoms with van der Waals surface area (Å²) in [6, 6.07) is 15.5. The zero-order valence-electron chi connectivity index (χ0n) is 26.6. The summed E-state index contributed by atoms with van der Waals surface area (Å²) in [7, 11) is -9.48. The van der Waals surface area contributed by atoms with Crippen molar-refractivity contribution >= 4 is 57.4 Å². The van der Waals surface area contributed by atoms with Crippen LogP contribution in [0.15, 0.2) is 48.5 Å². The van der Waals surface area contributed by atoms with Gasteiger partial charge < -0.3 is 12.3 Å². The van der Waals surface area contributed by atoms with Crippen molar-refractivity contribution in [2.45, 2.75) is 77.3 Å². The Morgan fingerprint density at radius 3 is 1.05 bits per heavy atom. The van der Waals surface area contributed by atoms with Crippen LogP contribution in [-0.4, -0.2) is 80.3 Å². The topological polar surface area (TPSA) is 102 Å². The molecule has 4 amide bonds. The minimum Gasteiger partial charge on any atom is -0.436 e. The molecule has 2 aliphatic rings. The lowest BCUT2D eigenvalue weighted by Gasteiger charge is -2.41. The molecule has 0 saturated carbocycles. The van der Waals surface area contributed by atoms with Gasteiger partial charge in [-0.25, -0.2) is 0 Å². The predicted octanol–water partition coefficient (Wildman–Crippen LogP) is 6.22. The van der Waals surface area contributed by atoms with Crippen molar-refractivity contribution in [3.63, 3.8) is 0 Å². The van der Waals surface area contributed by atoms with Crippen LogP contribution in [0.1, 0.15) is 54.3 Å². The van der Waals surface area contributed by atoms with Crippen LogP contribution < -0.4 is 0 Å². The first-order valence-corrected chi connectivity index (χ1v) is 26.8. The number of hydrogen-bond donors (Lipinski definition) is 0. The maximum Gasteiger partial charge on any atom is 0.312 e. The van der Waals surface area contributed by atoms with E-state index < -0.39 is 33.8 Å². The van der Waals surface area contributed by atoms with Crippen LogP contribution in [0.5, 0.6) is 0 Å². The first-order valence-electron chi connectivity index (χ1n) is 14.9. The van der Waals surface area contributed by atoms with Gasteiger partial charge in [0.25, 0.3) is 23.6 Å². The maximum absolute atomic E-state index is 12.7. The summed E-state index contributed by atoms with van der Waals surface area (Å²) in [4.78, 5) is 53.5. The fourth-order valence-electron chi connectivity index (χ4n) is 6.28. The summed E-state index contributed by atoms with van der Waals surface area (Å²) in [5, 5.41) is 0. The van der Waals surface area contributed by atoms with Gasteiger partial charge in [0.1, 0.15) is 0 Å². The average molecular weight is 657 g/mol. The number of benzene rings is 2. The smallest absolute Gasteiger partial charge is 0.312 e. The van der Waals surface area contributed by atoms with Gasteiger partial charge in [-0.15, -0.1) is 0 Å². The van der Waals surface area contributed by atoms with E-state index in [2.05, 4.69) is 52.4 Å². The Morgan fingerprint density at radius 2 is 0.767 bits per heavy atom. The molecule has 9 nitrogen and oxygen atoms in total. The molecule has 0 aliphatic carbocycles. The van der Waals surface area contributed by atoms with Crippen molar-refractivity contribution in [2.75, 3.05) is 13.1 Å². The monoisotopic (exact) mass is 656 g/mol. The molecule has 0 radical (unpaired) electrons. The van der Waals surface area contributed by atoms with Gasteiger partial charge in [-0.1, -0.05) is 24.3 Å². The Kier molecular flexibility index (Phi) is 9.67. The quantitative estimate of drug-likeness (QED) is 0.176. The van der Waals surface area contributed by atoms with Crippen LogP contribution in [0.4, 0.5) is 0 Å². The number of rotatable bonds is 14. The van der Waals surface area contributed by atoms with Crippen molar-refractivity contribution in [3.05, 3.63) is 70.8 Å². The van der Waals surface area contributed by atoms with Crippen LogP contribution in [-0.2, 0) is 12.3 Å². The van der Waals surface area contributed by atoms with E-state index in [0.29, 0.717) is 48.2 Å². The molecule has 0 N–H and O–H groups in total. The lowest BCUT2D eigenvalue weighted by atomic mass is 10.1. The zero-order chi connectivity index (χ0) is 31.8. The molecule has 0 aromatic heterocycles. The highest BCUT2D eigenvalue weighted by molar-refractivity contribution is 6.89. The van der Waals surface area contributed by atoms with Crippen molar-refractivity contribution in [1.82, 2.24) is 9.80 Å². The third-order valence-electron chi connectivity index (χ3n) is 7.61. The first-order chi connectivity index (χ1) is 19.9. The fourth-order valence-corrected chi connectivity index (χ4v) is 25.6. The Bertz CT molecular complexity index is 1250. The van der Waals surface area contributed by atoms with Gasteiger partial charge in [-0.05, 0) is 102 Å². The number of amides is 4. The number of nitrogens with zero attached hydrogens (tertiary/aromatic N) is 2. The van der Waals surface area contributed by atoms with Crippen molar-refractivity contribution in [3.8, 4) is 0 Å². The molecule has 0 fully saturated rings. The molecule has 0 atom stereocenters. The molecule has 0 unspecified atom stereocenters. The molecule has 2 heterocycles. The Hall–Kier alpha value is -2.53. The minimum absolute atomic E-state index is 0.223. The summed E-state index contributed by atoms with van der Waals surface area (Å²) < 4.78 is 20.1. The number of carbonyl (C=O) groups excluding carboxylic acids is 4. The summed E-state index contributed by atoms with van der Waals surface area (Å²) in [6.45, 7) is 17.6. The third-order valence-corrected chi connectivity index (χ3v) is 23.0. The minimum atomic E-state index is -2.57. The molecule has 43 heavy (non-hydrogen) atoms. The number of imide groups is 2. The predicted molar refractivity (Wildman–Crippen MR) is 176 cm³/mol. The van der Waals surface area contributed by atoms with Crippen LogP contribution >= 0.6 is 0 Å². The second-order valence-electron chi connectivity index (χ2n) is 13.4. The zero-order valence-corrected chi connectivity index (χ0v) is 30.6. The van der Waals surface area contributed by atoms with E-state index in [9.17, 15) is 19.2 Å². The summed E-state index contributed by atoms with van der Waals surface area (Å²) >= 11 is 0. The Balaban J connectivity index is 1.24. The second kappa shape index (κ2) is 12.5. The van der Waals surface area contributed by atoms with Crippen LogP contribution in [0.2, 0.25) is 64.5 Å². The Morgan fingerprint density at radius 1 is 0.488 bits per heavy atom. The van der Waals surface area contributed by atoms with Crippen LogP contribution in [0, 0.1) is 0 Å². The molecule has 0 spiro atoms. The van der Waals surface area contributed by atoms with E-state index in [1.54, 1.807) is 48.5 Å². The van der Waals surface area contributed by atoms with Gasteiger partial charge >= 0.3 is 17.1 Å². The highest BCUT2D eigenvalue weighted by Crippen LogP contribution is 2.29. The molecular weight excluding hydrogens is 613 g/mol. The molecular formula is C30H44N2O7Si4. The van der Waals surface area contributed by atoms with E-state index in [1.165, 1.54) is 9.80 Å². The van der Waals surface area contributed by atoms with Gasteiger partial charge in [0.15, 0.2) is 16.6 Å². The van der Waals surface area contributed by atoms with E-state index in [1.807, 2.05) is 0 Å². The average Bonchev–Trinajstić information content (AvgIpc) is 3.27. The number of fused-ring (bicyclic) bond motifs is 2. The molecule has 2 aromatic carbocycles. The van der Waals surface area contributed by atoms with Crippen molar-refractivity contribution < 1.29 is 31.5 Å². The molecule has 232 valence electrons. The maximum atomic E-state index is 12.7. The summed E-state index contributed by atoms with van der Waals surface area (Å²) in [5.41, 5.74) is 1.91. The lowest BCUT2D eigenvalue weighted by molar-refractivity contribution is 0.0638. The largest absolute Gasteiger partial charge is 0.436 e. The van der Waals surface area contributed by atoms with Gasteiger partial charge in [0, 0.05) is 13.1 Å². The molecule has 0 bridgehead atoms. The van der Waals surface area contributed by atoms with Gasteiger partial charge in [0.05, 0.1) is 22.3 Å². The van der Waals surface area contributed by atoms with Gasteiger partial charge in [0.2, 0.25) is 0 Å². The third kappa shape index (κ3) is 7.95. The van der Waals surface area contributed by atoms with Crippen molar-refractivity contribution in [1.29, 1.82) is 0 Å². The highest BCUT2D eigenvalue weighted by Gasteiger charge is 2.44. The van der Waals surface area contributed by atoms with E-state index >= 15 is 0 Å². The SMILES string of the molecule is C[Si](C)(CCCN1C(=O)c2ccccc2C1=O)O[Si](C)(C)O[Si](C)(C)O[Si](C)(C)CCCN1C(=O)c2ccccc2C1=O. The first kappa shape index (κ1) is 33.4. The van der Waals surface area contributed by atoms with Gasteiger partial charge in [-0.2, -0.15) is 0 Å². The molecule has 2 aromatic rings. The highest BCUT2D eigenvalue weighted by atomic mass is 28.5. The summed E-state index contributed by atoms with van der Waals surface area (Å²) in [6.07, 6.45) is 1.36. The van der Waals surface area contributed by atoms with E-state index in [-0.39, 0.29) is 23.6 Å². The van der Waals surface area contributed by atoms with Gasteiger partial charge in [-0.3, -0.25) is 29.0 Å². The van der Waals surface area contributed by atoms with E-state index in [4.69, 9.17) is 12.3 Å². The second-order valence-corrected chi connectivity index (χ2v) is 29.5.